The van der Waals surface area contributed by atoms with Crippen LogP contribution in [0.4, 0.5) is 0 Å². The van der Waals surface area contributed by atoms with Gasteiger partial charge in [-0.05, 0) is 71.3 Å². The van der Waals surface area contributed by atoms with Crippen LogP contribution >= 0.6 is 0 Å². The van der Waals surface area contributed by atoms with Gasteiger partial charge in [-0.3, -0.25) is 4.98 Å². The lowest BCUT2D eigenvalue weighted by molar-refractivity contribution is 0.418. The first-order chi connectivity index (χ1) is 8.58. The zero-order valence-corrected chi connectivity index (χ0v) is 12.0. The van der Waals surface area contributed by atoms with Crippen LogP contribution in [0.1, 0.15) is 39.2 Å². The van der Waals surface area contributed by atoms with E-state index in [0.29, 0.717) is 0 Å². The minimum atomic E-state index is 0.236. The van der Waals surface area contributed by atoms with E-state index in [-0.39, 0.29) is 5.54 Å². The second-order valence-electron chi connectivity index (χ2n) is 5.75. The molecule has 2 N–H and O–H groups in total. The third-order valence-corrected chi connectivity index (χ3v) is 2.73. The van der Waals surface area contributed by atoms with Crippen LogP contribution in [0.3, 0.4) is 0 Å². The van der Waals surface area contributed by atoms with Crippen molar-refractivity contribution in [1.29, 1.82) is 0 Å². The van der Waals surface area contributed by atoms with E-state index in [4.69, 9.17) is 0 Å². The standard InChI is InChI=1S/C15H27N3/c1-15(2,3)18-12-6-11-16-9-4-7-14-8-5-10-17-13-14/h5,8,10,13,16,18H,4,6-7,9,11-12H2,1-3H3. The molecule has 1 aromatic rings. The highest BCUT2D eigenvalue weighted by Gasteiger charge is 2.06. The molecule has 3 heteroatoms. The first kappa shape index (κ1) is 15.1. The van der Waals surface area contributed by atoms with Gasteiger partial charge in [0.05, 0.1) is 0 Å². The molecule has 1 heterocycles. The molecule has 0 aromatic carbocycles. The van der Waals surface area contributed by atoms with E-state index >= 15 is 0 Å². The van der Waals surface area contributed by atoms with Crippen molar-refractivity contribution in [2.45, 2.75) is 45.6 Å². The van der Waals surface area contributed by atoms with Crippen molar-refractivity contribution in [3.63, 3.8) is 0 Å². The van der Waals surface area contributed by atoms with E-state index in [9.17, 15) is 0 Å². The van der Waals surface area contributed by atoms with Gasteiger partial charge >= 0.3 is 0 Å². The summed E-state index contributed by atoms with van der Waals surface area (Å²) in [5.41, 5.74) is 1.56. The number of hydrogen-bond donors (Lipinski definition) is 2. The molecule has 0 aliphatic heterocycles. The summed E-state index contributed by atoms with van der Waals surface area (Å²) in [5.74, 6) is 0. The van der Waals surface area contributed by atoms with Gasteiger partial charge in [-0.1, -0.05) is 6.07 Å². The van der Waals surface area contributed by atoms with Gasteiger partial charge in [0, 0.05) is 17.9 Å². The summed E-state index contributed by atoms with van der Waals surface area (Å²) < 4.78 is 0. The van der Waals surface area contributed by atoms with Gasteiger partial charge < -0.3 is 10.6 Å². The van der Waals surface area contributed by atoms with Crippen molar-refractivity contribution >= 4 is 0 Å². The Hall–Kier alpha value is -0.930. The average molecular weight is 249 g/mol. The minimum absolute atomic E-state index is 0.236. The summed E-state index contributed by atoms with van der Waals surface area (Å²) in [5, 5.41) is 6.97. The number of nitrogens with one attached hydrogen (secondary N) is 2. The molecule has 18 heavy (non-hydrogen) atoms. The minimum Gasteiger partial charge on any atom is -0.317 e. The molecule has 102 valence electrons. The van der Waals surface area contributed by atoms with Gasteiger partial charge in [-0.25, -0.2) is 0 Å². The Morgan fingerprint density at radius 1 is 1.11 bits per heavy atom. The van der Waals surface area contributed by atoms with E-state index < -0.39 is 0 Å². The lowest BCUT2D eigenvalue weighted by atomic mass is 10.1. The molecule has 0 bridgehead atoms. The first-order valence-corrected chi connectivity index (χ1v) is 6.92. The molecule has 0 aliphatic rings. The molecule has 0 saturated carbocycles. The molecule has 1 rings (SSSR count). The van der Waals surface area contributed by atoms with Gasteiger partial charge in [0.1, 0.15) is 0 Å². The highest BCUT2D eigenvalue weighted by atomic mass is 14.9. The molecule has 0 saturated heterocycles. The average Bonchev–Trinajstić information content (AvgIpc) is 2.32. The molecule has 0 atom stereocenters. The second-order valence-corrected chi connectivity index (χ2v) is 5.75. The Morgan fingerprint density at radius 3 is 2.56 bits per heavy atom. The zero-order chi connectivity index (χ0) is 13.3. The van der Waals surface area contributed by atoms with Crippen LogP contribution in [0.5, 0.6) is 0 Å². The molecular formula is C15H27N3. The van der Waals surface area contributed by atoms with E-state index in [2.05, 4.69) is 42.5 Å². The quantitative estimate of drug-likeness (QED) is 0.695. The molecular weight excluding hydrogens is 222 g/mol. The molecule has 0 radical (unpaired) electrons. The van der Waals surface area contributed by atoms with Crippen molar-refractivity contribution in [1.82, 2.24) is 15.6 Å². The van der Waals surface area contributed by atoms with Crippen LogP contribution in [0.15, 0.2) is 24.5 Å². The van der Waals surface area contributed by atoms with Crippen molar-refractivity contribution in [2.24, 2.45) is 0 Å². The molecule has 0 spiro atoms. The maximum absolute atomic E-state index is 4.12. The number of aryl methyl sites for hydroxylation is 1. The fourth-order valence-electron chi connectivity index (χ4n) is 1.77. The van der Waals surface area contributed by atoms with Crippen molar-refractivity contribution in [3.05, 3.63) is 30.1 Å². The van der Waals surface area contributed by atoms with E-state index in [1.807, 2.05) is 18.5 Å². The predicted octanol–water partition coefficient (Wildman–Crippen LogP) is 2.38. The van der Waals surface area contributed by atoms with E-state index in [0.717, 1.165) is 26.1 Å². The van der Waals surface area contributed by atoms with Gasteiger partial charge in [0.2, 0.25) is 0 Å². The summed E-state index contributed by atoms with van der Waals surface area (Å²) in [4.78, 5) is 4.12. The highest BCUT2D eigenvalue weighted by molar-refractivity contribution is 5.08. The fourth-order valence-corrected chi connectivity index (χ4v) is 1.77. The zero-order valence-electron chi connectivity index (χ0n) is 12.0. The fraction of sp³-hybridized carbons (Fsp3) is 0.667. The number of nitrogens with zero attached hydrogens (tertiary/aromatic N) is 1. The normalized spacial score (nSPS) is 11.7. The Labute approximate surface area is 111 Å². The Balaban J connectivity index is 1.90. The van der Waals surface area contributed by atoms with E-state index in [1.54, 1.807) is 0 Å². The maximum Gasteiger partial charge on any atom is 0.0299 e. The van der Waals surface area contributed by atoms with Crippen LogP contribution in [-0.2, 0) is 6.42 Å². The van der Waals surface area contributed by atoms with Gasteiger partial charge in [-0.15, -0.1) is 0 Å². The van der Waals surface area contributed by atoms with Gasteiger partial charge in [0.15, 0.2) is 0 Å². The van der Waals surface area contributed by atoms with Crippen LogP contribution in [0.25, 0.3) is 0 Å². The number of aromatic nitrogens is 1. The predicted molar refractivity (Wildman–Crippen MR) is 77.8 cm³/mol. The van der Waals surface area contributed by atoms with Crippen LogP contribution < -0.4 is 10.6 Å². The van der Waals surface area contributed by atoms with Crippen LogP contribution in [-0.4, -0.2) is 30.2 Å². The largest absolute Gasteiger partial charge is 0.317 e. The van der Waals surface area contributed by atoms with Gasteiger partial charge in [-0.2, -0.15) is 0 Å². The maximum atomic E-state index is 4.12. The van der Waals surface area contributed by atoms with Crippen molar-refractivity contribution < 1.29 is 0 Å². The number of pyridine rings is 1. The summed E-state index contributed by atoms with van der Waals surface area (Å²) in [7, 11) is 0. The Bertz CT molecular complexity index is 303. The van der Waals surface area contributed by atoms with Crippen LogP contribution in [0.2, 0.25) is 0 Å². The molecule has 0 amide bonds. The molecule has 0 fully saturated rings. The lowest BCUT2D eigenvalue weighted by Gasteiger charge is -2.20. The summed E-state index contributed by atoms with van der Waals surface area (Å²) in [6.45, 7) is 9.87. The number of rotatable bonds is 8. The summed E-state index contributed by atoms with van der Waals surface area (Å²) in [6, 6.07) is 4.14. The SMILES string of the molecule is CC(C)(C)NCCCNCCCc1cccnc1. The Morgan fingerprint density at radius 2 is 1.89 bits per heavy atom. The molecule has 0 unspecified atom stereocenters. The first-order valence-electron chi connectivity index (χ1n) is 6.92. The molecule has 0 aliphatic carbocycles. The Kier molecular flexibility index (Phi) is 6.91. The summed E-state index contributed by atoms with van der Waals surface area (Å²) in [6.07, 6.45) is 7.25. The van der Waals surface area contributed by atoms with Gasteiger partial charge in [0.25, 0.3) is 0 Å². The lowest BCUT2D eigenvalue weighted by Crippen LogP contribution is -2.37. The molecule has 1 aromatic heterocycles. The monoisotopic (exact) mass is 249 g/mol. The third-order valence-electron chi connectivity index (χ3n) is 2.73. The van der Waals surface area contributed by atoms with E-state index in [1.165, 1.54) is 18.4 Å². The van der Waals surface area contributed by atoms with Crippen LogP contribution in [0, 0.1) is 0 Å². The third kappa shape index (κ3) is 8.20. The van der Waals surface area contributed by atoms with Crippen molar-refractivity contribution in [2.75, 3.05) is 19.6 Å². The second kappa shape index (κ2) is 8.22. The topological polar surface area (TPSA) is 37.0 Å². The summed E-state index contributed by atoms with van der Waals surface area (Å²) >= 11 is 0. The highest BCUT2D eigenvalue weighted by Crippen LogP contribution is 1.99. The smallest absolute Gasteiger partial charge is 0.0299 e. The molecule has 3 nitrogen and oxygen atoms in total. The number of hydrogen-bond acceptors (Lipinski definition) is 3. The van der Waals surface area contributed by atoms with Crippen molar-refractivity contribution in [3.8, 4) is 0 Å².